The van der Waals surface area contributed by atoms with Gasteiger partial charge in [-0.3, -0.25) is 10.2 Å². The lowest BCUT2D eigenvalue weighted by molar-refractivity contribution is -0.129. The minimum Gasteiger partial charge on any atom is -0.286 e. The summed E-state index contributed by atoms with van der Waals surface area (Å²) in [5, 5.41) is 6.71. The van der Waals surface area contributed by atoms with Gasteiger partial charge in [0.1, 0.15) is 5.66 Å². The van der Waals surface area contributed by atoms with Crippen LogP contribution in [0.3, 0.4) is 0 Å². The molecule has 88 valence electrons. The van der Waals surface area contributed by atoms with Crippen molar-refractivity contribution in [3.8, 4) is 0 Å². The van der Waals surface area contributed by atoms with Crippen LogP contribution < -0.4 is 10.9 Å². The fourth-order valence-electron chi connectivity index (χ4n) is 2.70. The van der Waals surface area contributed by atoms with Crippen molar-refractivity contribution >= 4 is 22.8 Å². The van der Waals surface area contributed by atoms with Crippen LogP contribution >= 0.6 is 11.8 Å². The van der Waals surface area contributed by atoms with Crippen molar-refractivity contribution in [1.29, 1.82) is 0 Å². The summed E-state index contributed by atoms with van der Waals surface area (Å²) < 4.78 is 0. The van der Waals surface area contributed by atoms with E-state index in [1.807, 2.05) is 0 Å². The lowest BCUT2D eigenvalue weighted by Gasteiger charge is -2.44. The van der Waals surface area contributed by atoms with Crippen molar-refractivity contribution < 1.29 is 4.79 Å². The van der Waals surface area contributed by atoms with Crippen LogP contribution in [0.25, 0.3) is 0 Å². The molecule has 16 heavy (non-hydrogen) atoms. The second kappa shape index (κ2) is 3.63. The third-order valence-corrected chi connectivity index (χ3v) is 4.38. The fraction of sp³-hybridized carbons (Fsp3) is 0.800. The normalized spacial score (nSPS) is 38.3. The Morgan fingerprint density at radius 2 is 2.50 bits per heavy atom. The Kier molecular flexibility index (Phi) is 2.36. The van der Waals surface area contributed by atoms with E-state index in [9.17, 15) is 4.79 Å². The molecule has 2 heterocycles. The minimum absolute atomic E-state index is 0.114. The third kappa shape index (κ3) is 1.60. The van der Waals surface area contributed by atoms with Crippen LogP contribution in [0, 0.1) is 5.92 Å². The number of hydrogen-bond donors (Lipinski definition) is 2. The maximum absolute atomic E-state index is 11.7. The summed E-state index contributed by atoms with van der Waals surface area (Å²) in [6, 6.07) is 0. The molecule has 0 aromatic carbocycles. The zero-order valence-electron chi connectivity index (χ0n) is 9.32. The Hall–Kier alpha value is -0.750. The number of nitrogens with zero attached hydrogens (tertiary/aromatic N) is 2. The van der Waals surface area contributed by atoms with Crippen molar-refractivity contribution in [2.75, 3.05) is 5.75 Å². The Labute approximate surface area is 99.0 Å². The number of nitrogens with one attached hydrogen (secondary N) is 2. The molecule has 2 N–H and O–H groups in total. The number of carbonyl (C=O) groups is 1. The third-order valence-electron chi connectivity index (χ3n) is 3.45. The quantitative estimate of drug-likeness (QED) is 0.659. The Balaban J connectivity index is 1.82. The number of fused-ring (bicyclic) bond motifs is 1. The predicted octanol–water partition coefficient (Wildman–Crippen LogP) is 0.847. The number of amides is 1. The molecular formula is C10H16N4OS. The first-order valence-corrected chi connectivity index (χ1v) is 6.76. The van der Waals surface area contributed by atoms with Gasteiger partial charge in [0.25, 0.3) is 5.91 Å². The van der Waals surface area contributed by atoms with Crippen molar-refractivity contribution in [3.05, 3.63) is 0 Å². The summed E-state index contributed by atoms with van der Waals surface area (Å²) >= 11 is 1.48. The van der Waals surface area contributed by atoms with E-state index < -0.39 is 0 Å². The van der Waals surface area contributed by atoms with Gasteiger partial charge in [0.2, 0.25) is 5.17 Å². The van der Waals surface area contributed by atoms with Gasteiger partial charge in [-0.2, -0.15) is 10.5 Å². The predicted molar refractivity (Wildman–Crippen MR) is 63.4 cm³/mol. The molecule has 0 aromatic rings. The largest absolute Gasteiger partial charge is 0.286 e. The topological polar surface area (TPSA) is 56.7 Å². The van der Waals surface area contributed by atoms with Gasteiger partial charge in [0.05, 0.1) is 5.75 Å². The smallest absolute Gasteiger partial charge is 0.253 e. The molecule has 5 nitrogen and oxygen atoms in total. The molecule has 1 aliphatic carbocycles. The standard InChI is InChI=1S/C10H16N4OS/c1-7-3-2-4-10(5-7)12-11-9-14(13-10)8(15)6-16-9/h7,12-13H,2-6H2,1H3/t7-,10-/m1/s1. The highest BCUT2D eigenvalue weighted by molar-refractivity contribution is 8.15. The van der Waals surface area contributed by atoms with Gasteiger partial charge >= 0.3 is 0 Å². The van der Waals surface area contributed by atoms with Crippen molar-refractivity contribution in [2.24, 2.45) is 11.0 Å². The average molecular weight is 240 g/mol. The van der Waals surface area contributed by atoms with Crippen LogP contribution in [0.15, 0.2) is 5.10 Å². The van der Waals surface area contributed by atoms with Gasteiger partial charge in [-0.25, -0.2) is 5.01 Å². The highest BCUT2D eigenvalue weighted by atomic mass is 32.2. The zero-order valence-corrected chi connectivity index (χ0v) is 10.1. The van der Waals surface area contributed by atoms with Gasteiger partial charge in [0.15, 0.2) is 0 Å². The van der Waals surface area contributed by atoms with Gasteiger partial charge in [-0.05, 0) is 25.2 Å². The molecule has 0 aromatic heterocycles. The molecule has 1 amide bonds. The fourth-order valence-corrected chi connectivity index (χ4v) is 3.47. The van der Waals surface area contributed by atoms with E-state index in [0.29, 0.717) is 11.7 Å². The van der Waals surface area contributed by atoms with Crippen molar-refractivity contribution in [3.63, 3.8) is 0 Å². The first-order valence-electron chi connectivity index (χ1n) is 5.77. The molecule has 2 fully saturated rings. The molecule has 0 unspecified atom stereocenters. The van der Waals surface area contributed by atoms with E-state index in [-0.39, 0.29) is 11.6 Å². The van der Waals surface area contributed by atoms with Gasteiger partial charge in [0, 0.05) is 0 Å². The summed E-state index contributed by atoms with van der Waals surface area (Å²) in [5.74, 6) is 1.29. The van der Waals surface area contributed by atoms with Crippen molar-refractivity contribution in [1.82, 2.24) is 15.9 Å². The molecule has 1 saturated heterocycles. The molecule has 1 saturated carbocycles. The number of thioether (sulfide) groups is 1. The summed E-state index contributed by atoms with van der Waals surface area (Å²) in [6.45, 7) is 2.25. The lowest BCUT2D eigenvalue weighted by atomic mass is 9.82. The monoisotopic (exact) mass is 240 g/mol. The highest BCUT2D eigenvalue weighted by Crippen LogP contribution is 2.33. The van der Waals surface area contributed by atoms with Crippen LogP contribution in [-0.2, 0) is 4.79 Å². The van der Waals surface area contributed by atoms with E-state index in [4.69, 9.17) is 0 Å². The van der Waals surface area contributed by atoms with E-state index >= 15 is 0 Å². The van der Waals surface area contributed by atoms with Crippen molar-refractivity contribution in [2.45, 2.75) is 38.3 Å². The first-order chi connectivity index (χ1) is 7.69. The highest BCUT2D eigenvalue weighted by Gasteiger charge is 2.43. The lowest BCUT2D eigenvalue weighted by Crippen LogP contribution is -2.67. The Morgan fingerprint density at radius 3 is 3.31 bits per heavy atom. The second-order valence-corrected chi connectivity index (χ2v) is 5.86. The van der Waals surface area contributed by atoms with Gasteiger partial charge < -0.3 is 0 Å². The molecular weight excluding hydrogens is 224 g/mol. The molecule has 0 bridgehead atoms. The summed E-state index contributed by atoms with van der Waals surface area (Å²) in [7, 11) is 0. The van der Waals surface area contributed by atoms with Crippen LogP contribution in [0.1, 0.15) is 32.6 Å². The molecule has 1 spiro atoms. The van der Waals surface area contributed by atoms with Gasteiger partial charge in [-0.1, -0.05) is 25.1 Å². The Morgan fingerprint density at radius 1 is 1.62 bits per heavy atom. The average Bonchev–Trinajstić information content (AvgIpc) is 2.60. The van der Waals surface area contributed by atoms with E-state index in [2.05, 4.69) is 22.9 Å². The second-order valence-electron chi connectivity index (χ2n) is 4.92. The number of rotatable bonds is 0. The van der Waals surface area contributed by atoms with Gasteiger partial charge in [-0.15, -0.1) is 0 Å². The summed E-state index contributed by atoms with van der Waals surface area (Å²) in [4.78, 5) is 11.7. The van der Waals surface area contributed by atoms with Crippen LogP contribution in [0.2, 0.25) is 0 Å². The molecule has 2 aliphatic heterocycles. The number of hydrogen-bond acceptors (Lipinski definition) is 5. The molecule has 6 heteroatoms. The molecule has 2 atom stereocenters. The number of hydrazine groups is 1. The molecule has 3 aliphatic rings. The maximum Gasteiger partial charge on any atom is 0.253 e. The van der Waals surface area contributed by atoms with Crippen LogP contribution in [-0.4, -0.2) is 27.5 Å². The maximum atomic E-state index is 11.7. The molecule has 3 rings (SSSR count). The van der Waals surface area contributed by atoms with E-state index in [1.54, 1.807) is 5.01 Å². The van der Waals surface area contributed by atoms with E-state index in [0.717, 1.165) is 18.0 Å². The first kappa shape index (κ1) is 10.4. The summed E-state index contributed by atoms with van der Waals surface area (Å²) in [5.41, 5.74) is 6.36. The van der Waals surface area contributed by atoms with E-state index in [1.165, 1.54) is 24.6 Å². The number of amidine groups is 1. The number of carbonyl (C=O) groups excluding carboxylic acids is 1. The SMILES string of the molecule is C[C@@H]1CCC[C@@]2(C1)NN=C1SCC(=O)N1N2. The molecule has 0 radical (unpaired) electrons. The van der Waals surface area contributed by atoms with Crippen LogP contribution in [0.5, 0.6) is 0 Å². The zero-order chi connectivity index (χ0) is 11.2. The number of hydrazone groups is 1. The Bertz CT molecular complexity index is 359. The summed E-state index contributed by atoms with van der Waals surface area (Å²) in [6.07, 6.45) is 4.51. The minimum atomic E-state index is -0.193. The van der Waals surface area contributed by atoms with Crippen LogP contribution in [0.4, 0.5) is 0 Å².